The topological polar surface area (TPSA) is 27.3 Å². The van der Waals surface area contributed by atoms with Gasteiger partial charge in [-0.3, -0.25) is 0 Å². The number of hydrogen-bond acceptors (Lipinski definition) is 3. The van der Waals surface area contributed by atoms with Crippen molar-refractivity contribution in [3.8, 4) is 0 Å². The molecule has 3 nitrogen and oxygen atoms in total. The molecule has 1 unspecified atom stereocenters. The van der Waals surface area contributed by atoms with E-state index in [-0.39, 0.29) is 43.6 Å². The maximum atomic E-state index is 12.8. The minimum absolute atomic E-state index is 0. The van der Waals surface area contributed by atoms with E-state index in [4.69, 9.17) is 0 Å². The van der Waals surface area contributed by atoms with Gasteiger partial charge in [-0.1, -0.05) is 0 Å². The van der Waals surface area contributed by atoms with E-state index in [1.807, 2.05) is 0 Å². The van der Waals surface area contributed by atoms with Gasteiger partial charge < -0.3 is 37.2 Å². The van der Waals surface area contributed by atoms with Crippen molar-refractivity contribution in [2.24, 2.45) is 0 Å². The molecule has 1 atom stereocenters. The van der Waals surface area contributed by atoms with Gasteiger partial charge in [0.05, 0.1) is 0 Å². The van der Waals surface area contributed by atoms with Gasteiger partial charge in [-0.25, -0.2) is 0 Å². The van der Waals surface area contributed by atoms with Gasteiger partial charge in [0.1, 0.15) is 0 Å². The van der Waals surface area contributed by atoms with Crippen LogP contribution in [0.3, 0.4) is 0 Å². The van der Waals surface area contributed by atoms with Gasteiger partial charge in [0.25, 0.3) is 0 Å². The minimum Gasteiger partial charge on any atom is -1.00 e. The average molecular weight is 393 g/mol. The van der Waals surface area contributed by atoms with Crippen molar-refractivity contribution in [2.45, 2.75) is 31.5 Å². The largest absolute Gasteiger partial charge is 1.00 e. The van der Waals surface area contributed by atoms with Gasteiger partial charge in [-0.2, -0.15) is 0 Å². The molecule has 10 heteroatoms. The quantitative estimate of drug-likeness (QED) is 0.401. The number of alkyl halides is 3. The summed E-state index contributed by atoms with van der Waals surface area (Å²) in [7, 11) is 0. The first-order chi connectivity index (χ1) is 8.02. The Morgan fingerprint density at radius 1 is 0.900 bits per heavy atom. The summed E-state index contributed by atoms with van der Waals surface area (Å²) in [5.74, 6) is 0. The molecule has 0 radical (unpaired) electrons. The van der Waals surface area contributed by atoms with E-state index < -0.39 is 12.2 Å². The summed E-state index contributed by atoms with van der Waals surface area (Å²) in [6, 6.07) is -1.32. The van der Waals surface area contributed by atoms with Gasteiger partial charge in [-0.05, 0) is 0 Å². The Kier molecular flexibility index (Phi) is 18.2. The summed E-state index contributed by atoms with van der Waals surface area (Å²) in [6.45, 7) is 3.40. The second kappa shape index (κ2) is 13.9. The first-order valence-electron chi connectivity index (χ1n) is 5.98. The molecule has 1 aliphatic rings. The van der Waals surface area contributed by atoms with Gasteiger partial charge in [0.2, 0.25) is 0 Å². The monoisotopic (exact) mass is 391 g/mol. The molecule has 1 fully saturated rings. The van der Waals surface area contributed by atoms with Crippen LogP contribution < -0.4 is 47.9 Å². The molecule has 1 saturated heterocycles. The molecule has 120 valence electrons. The maximum absolute atomic E-state index is 12.8. The molecule has 20 heavy (non-hydrogen) atoms. The molecular weight excluding hydrogens is 373 g/mol. The third kappa shape index (κ3) is 10.9. The van der Waals surface area contributed by atoms with Crippen LogP contribution in [-0.4, -0.2) is 48.3 Å². The van der Waals surface area contributed by atoms with Crippen LogP contribution in [0.25, 0.3) is 0 Å². The number of halogens is 6. The molecule has 0 bridgehead atoms. The molecule has 1 aliphatic heterocycles. The third-order valence-corrected chi connectivity index (χ3v) is 3.64. The van der Waals surface area contributed by atoms with Gasteiger partial charge in [-0.15, -0.1) is 0 Å². The molecule has 0 aromatic heterocycles. The summed E-state index contributed by atoms with van der Waals surface area (Å²) >= 11 is 1.56. The summed E-state index contributed by atoms with van der Waals surface area (Å²) in [4.78, 5) is 0. The van der Waals surface area contributed by atoms with Crippen LogP contribution >= 0.6 is 0 Å². The predicted octanol–water partition coefficient (Wildman–Crippen LogP) is -7.94. The van der Waals surface area contributed by atoms with E-state index in [1.54, 1.807) is 20.7 Å². The normalized spacial score (nSPS) is 23.1. The van der Waals surface area contributed by atoms with Crippen molar-refractivity contribution < 1.29 is 71.1 Å². The van der Waals surface area contributed by atoms with E-state index in [2.05, 4.69) is 10.6 Å². The molecule has 0 aromatic carbocycles. The van der Waals surface area contributed by atoms with Crippen molar-refractivity contribution in [3.05, 3.63) is 0 Å². The Bertz CT molecular complexity index is 226. The molecule has 0 spiro atoms. The molecule has 0 amide bonds. The smallest absolute Gasteiger partial charge is 1.00 e. The van der Waals surface area contributed by atoms with Crippen LogP contribution in [0.15, 0.2) is 0 Å². The number of nitrogens with one attached hydrogen (secondary N) is 2. The molecule has 0 saturated carbocycles. The molecule has 1 rings (SSSR count). The Labute approximate surface area is 149 Å². The second-order valence-electron chi connectivity index (χ2n) is 4.25. The zero-order chi connectivity index (χ0) is 12.7. The first kappa shape index (κ1) is 26.2. The van der Waals surface area contributed by atoms with Crippen LogP contribution in [0.2, 0.25) is 0 Å². The Balaban J connectivity index is -0.000000963. The van der Waals surface area contributed by atoms with Crippen LogP contribution in [0.1, 0.15) is 19.3 Å². The van der Waals surface area contributed by atoms with Crippen LogP contribution in [0.4, 0.5) is 13.2 Å². The van der Waals surface area contributed by atoms with Crippen molar-refractivity contribution >= 4 is 0 Å². The first-order valence-corrected chi connectivity index (χ1v) is 6.67. The standard InChI is InChI=1S/C10H19F3N3.3ClH.Ti/c11-10(12,13)9-3-8-15-5-1-4-14-6-2-7-16-9;;;;/h9,14-15H,1-8H2;3*1H;/q-1;;;;+4/p-3. The van der Waals surface area contributed by atoms with Gasteiger partial charge >= 0.3 is 112 Å². The fraction of sp³-hybridized carbons (Fsp3) is 1.00. The van der Waals surface area contributed by atoms with Crippen LogP contribution in [0.5, 0.6) is 0 Å². The predicted molar refractivity (Wildman–Crippen MR) is 56.1 cm³/mol. The number of nitrogens with zero attached hydrogens (tertiary/aromatic N) is 1. The van der Waals surface area contributed by atoms with E-state index in [0.717, 1.165) is 32.5 Å². The average Bonchev–Trinajstić information content (AvgIpc) is 2.21. The molecule has 0 aliphatic carbocycles. The minimum atomic E-state index is -4.13. The SMILES string of the molecule is FC(F)(F)C1CCNCCCNCCC[N]1[Ti+3].[Cl-].[Cl-].[Cl-]. The Morgan fingerprint density at radius 2 is 1.40 bits per heavy atom. The molecule has 2 N–H and O–H groups in total. The third-order valence-electron chi connectivity index (χ3n) is 2.81. The van der Waals surface area contributed by atoms with Crippen LogP contribution in [0, 0.1) is 0 Å². The molecule has 0 aromatic rings. The summed E-state index contributed by atoms with van der Waals surface area (Å²) in [5, 5.41) is 6.29. The summed E-state index contributed by atoms with van der Waals surface area (Å²) < 4.78 is 39.9. The zero-order valence-electron chi connectivity index (χ0n) is 10.9. The van der Waals surface area contributed by atoms with Gasteiger partial charge in [0, 0.05) is 0 Å². The Hall–Kier alpha value is 1.25. The number of rotatable bonds is 0. The van der Waals surface area contributed by atoms with E-state index in [0.29, 0.717) is 13.1 Å². The van der Waals surface area contributed by atoms with Crippen molar-refractivity contribution in [1.82, 2.24) is 14.0 Å². The maximum Gasteiger partial charge on any atom is -1.00 e. The van der Waals surface area contributed by atoms with E-state index in [9.17, 15) is 13.2 Å². The van der Waals surface area contributed by atoms with Crippen LogP contribution in [-0.2, 0) is 20.7 Å². The molecular formula is C10H19Cl3F3N3Ti. The van der Waals surface area contributed by atoms with Gasteiger partial charge in [0.15, 0.2) is 0 Å². The summed E-state index contributed by atoms with van der Waals surface area (Å²) in [5.41, 5.74) is 0. The zero-order valence-corrected chi connectivity index (χ0v) is 14.8. The number of hydrogen-bond donors (Lipinski definition) is 2. The summed E-state index contributed by atoms with van der Waals surface area (Å²) in [6.07, 6.45) is -2.27. The Morgan fingerprint density at radius 3 is 1.95 bits per heavy atom. The van der Waals surface area contributed by atoms with E-state index in [1.165, 1.54) is 3.38 Å². The fourth-order valence-electron chi connectivity index (χ4n) is 1.85. The van der Waals surface area contributed by atoms with Crippen molar-refractivity contribution in [2.75, 3.05) is 32.7 Å². The second-order valence-corrected chi connectivity index (χ2v) is 5.14. The fourth-order valence-corrected chi connectivity index (χ4v) is 2.53. The van der Waals surface area contributed by atoms with Crippen molar-refractivity contribution in [3.63, 3.8) is 0 Å². The van der Waals surface area contributed by atoms with Crippen molar-refractivity contribution in [1.29, 1.82) is 0 Å². The van der Waals surface area contributed by atoms with E-state index >= 15 is 0 Å². The molecule has 1 heterocycles.